The van der Waals surface area contributed by atoms with Gasteiger partial charge in [0.25, 0.3) is 0 Å². The molecule has 6 nitrogen and oxygen atoms in total. The molecule has 0 aliphatic heterocycles. The number of hydrogen-bond donors (Lipinski definition) is 0. The highest BCUT2D eigenvalue weighted by Crippen LogP contribution is 2.18. The van der Waals surface area contributed by atoms with Gasteiger partial charge in [-0.3, -0.25) is 14.4 Å². The molecule has 0 saturated carbocycles. The summed E-state index contributed by atoms with van der Waals surface area (Å²) >= 11 is 0. The van der Waals surface area contributed by atoms with E-state index in [0.717, 1.165) is 77.0 Å². The predicted molar refractivity (Wildman–Crippen MR) is 339 cm³/mol. The summed E-state index contributed by atoms with van der Waals surface area (Å²) in [6.07, 6.45) is 84.4. The molecule has 456 valence electrons. The third-order valence-electron chi connectivity index (χ3n) is 15.5. The Hall–Kier alpha value is -2.63. The van der Waals surface area contributed by atoms with Gasteiger partial charge in [0, 0.05) is 19.3 Å². The summed E-state index contributed by atoms with van der Waals surface area (Å²) in [6, 6.07) is 0. The van der Waals surface area contributed by atoms with E-state index in [2.05, 4.69) is 69.4 Å². The number of allylic oxidation sites excluding steroid dienone is 8. The van der Waals surface area contributed by atoms with E-state index in [4.69, 9.17) is 14.2 Å². The number of carbonyl (C=O) groups is 3. The van der Waals surface area contributed by atoms with Crippen molar-refractivity contribution in [3.8, 4) is 0 Å². The van der Waals surface area contributed by atoms with Crippen LogP contribution in [-0.4, -0.2) is 37.2 Å². The second-order valence-corrected chi connectivity index (χ2v) is 23.4. The van der Waals surface area contributed by atoms with Crippen LogP contribution >= 0.6 is 0 Å². The molecule has 0 aliphatic rings. The lowest BCUT2D eigenvalue weighted by atomic mass is 10.0. The number of unbranched alkanes of at least 4 members (excludes halogenated alkanes) is 45. The van der Waals surface area contributed by atoms with Crippen LogP contribution in [0.2, 0.25) is 0 Å². The van der Waals surface area contributed by atoms with Gasteiger partial charge in [-0.15, -0.1) is 0 Å². The highest BCUT2D eigenvalue weighted by molar-refractivity contribution is 5.71. The molecule has 0 N–H and O–H groups in total. The first-order valence-electron chi connectivity index (χ1n) is 34.6. The van der Waals surface area contributed by atoms with Crippen molar-refractivity contribution < 1.29 is 28.6 Å². The summed E-state index contributed by atoms with van der Waals surface area (Å²) in [5.74, 6) is -0.872. The van der Waals surface area contributed by atoms with Crippen LogP contribution in [0, 0.1) is 0 Å². The fraction of sp³-hybridized carbons (Fsp3) is 0.847. The summed E-state index contributed by atoms with van der Waals surface area (Å²) in [4.78, 5) is 38.3. The molecule has 0 aliphatic carbocycles. The Morgan fingerprint density at radius 2 is 0.462 bits per heavy atom. The van der Waals surface area contributed by atoms with Crippen molar-refractivity contribution in [2.24, 2.45) is 0 Å². The SMILES string of the molecule is CCCCC/C=C\CCCCCCCC(=O)OCC(COC(=O)CCCCCCCCCCCCCCCCCCCCCCC/C=C\C/C=C\CCCCCCC)OC(=O)CCCCCCC/C=C\CCCCCCCC. The van der Waals surface area contributed by atoms with E-state index in [9.17, 15) is 14.4 Å². The minimum absolute atomic E-state index is 0.0749. The molecule has 6 heteroatoms. The van der Waals surface area contributed by atoms with Crippen LogP contribution < -0.4 is 0 Å². The Morgan fingerprint density at radius 3 is 0.744 bits per heavy atom. The monoisotopic (exact) mass is 1090 g/mol. The van der Waals surface area contributed by atoms with Crippen molar-refractivity contribution in [3.63, 3.8) is 0 Å². The zero-order valence-corrected chi connectivity index (χ0v) is 52.5. The summed E-state index contributed by atoms with van der Waals surface area (Å²) in [6.45, 7) is 6.64. The molecule has 0 aromatic heterocycles. The first-order valence-corrected chi connectivity index (χ1v) is 34.6. The topological polar surface area (TPSA) is 78.9 Å². The Balaban J connectivity index is 4.08. The van der Waals surface area contributed by atoms with Gasteiger partial charge in [0.2, 0.25) is 0 Å². The molecule has 0 aromatic rings. The Labute approximate surface area is 486 Å². The smallest absolute Gasteiger partial charge is 0.306 e. The summed E-state index contributed by atoms with van der Waals surface area (Å²) < 4.78 is 16.9. The van der Waals surface area contributed by atoms with Gasteiger partial charge in [0.15, 0.2) is 6.10 Å². The molecule has 0 aromatic carbocycles. The molecule has 0 bridgehead atoms. The number of esters is 3. The first-order chi connectivity index (χ1) is 38.5. The number of carbonyl (C=O) groups excluding carboxylic acids is 3. The van der Waals surface area contributed by atoms with Crippen LogP contribution in [0.1, 0.15) is 374 Å². The van der Waals surface area contributed by atoms with Gasteiger partial charge in [-0.1, -0.05) is 301 Å². The van der Waals surface area contributed by atoms with Crippen molar-refractivity contribution in [1.82, 2.24) is 0 Å². The predicted octanol–water partition coefficient (Wildman–Crippen LogP) is 23.7. The lowest BCUT2D eigenvalue weighted by Crippen LogP contribution is -2.30. The quantitative estimate of drug-likeness (QED) is 0.0261. The maximum Gasteiger partial charge on any atom is 0.306 e. The van der Waals surface area contributed by atoms with Crippen LogP contribution in [0.3, 0.4) is 0 Å². The number of hydrogen-bond acceptors (Lipinski definition) is 6. The molecule has 78 heavy (non-hydrogen) atoms. The second-order valence-electron chi connectivity index (χ2n) is 23.4. The zero-order chi connectivity index (χ0) is 56.4. The third kappa shape index (κ3) is 64.2. The Morgan fingerprint density at radius 1 is 0.256 bits per heavy atom. The molecule has 0 spiro atoms. The van der Waals surface area contributed by atoms with Crippen LogP contribution in [-0.2, 0) is 28.6 Å². The van der Waals surface area contributed by atoms with E-state index in [1.54, 1.807) is 0 Å². The van der Waals surface area contributed by atoms with Crippen molar-refractivity contribution in [3.05, 3.63) is 48.6 Å². The molecule has 0 radical (unpaired) electrons. The first kappa shape index (κ1) is 75.4. The maximum atomic E-state index is 12.9. The summed E-state index contributed by atoms with van der Waals surface area (Å²) in [7, 11) is 0. The van der Waals surface area contributed by atoms with Gasteiger partial charge in [0.05, 0.1) is 0 Å². The Bertz CT molecular complexity index is 1350. The fourth-order valence-corrected chi connectivity index (χ4v) is 10.3. The minimum Gasteiger partial charge on any atom is -0.462 e. The van der Waals surface area contributed by atoms with E-state index in [1.165, 1.54) is 257 Å². The van der Waals surface area contributed by atoms with Crippen molar-refractivity contribution >= 4 is 17.9 Å². The zero-order valence-electron chi connectivity index (χ0n) is 52.5. The lowest BCUT2D eigenvalue weighted by molar-refractivity contribution is -0.167. The molecule has 1 unspecified atom stereocenters. The van der Waals surface area contributed by atoms with Crippen LogP contribution in [0.4, 0.5) is 0 Å². The normalized spacial score (nSPS) is 12.3. The highest BCUT2D eigenvalue weighted by Gasteiger charge is 2.19. The molecule has 0 heterocycles. The standard InChI is InChI=1S/C72H132O6/c1-4-7-10-13-16-19-22-25-27-28-29-30-31-32-33-34-35-36-37-38-39-40-41-42-43-44-46-47-50-53-56-59-62-65-71(74)77-68-69(67-76-70(73)64-61-58-55-52-49-24-21-18-15-12-9-6-3)78-72(75)66-63-60-57-54-51-48-45-26-23-20-17-14-11-8-5-2/h18,21-22,25-26,28-29,45,69H,4-17,19-20,23-24,27,30-44,46-68H2,1-3H3/b21-18-,25-22-,29-28-,45-26-. The van der Waals surface area contributed by atoms with Crippen molar-refractivity contribution in [2.75, 3.05) is 13.2 Å². The highest BCUT2D eigenvalue weighted by atomic mass is 16.6. The van der Waals surface area contributed by atoms with Crippen LogP contribution in [0.15, 0.2) is 48.6 Å². The van der Waals surface area contributed by atoms with Gasteiger partial charge >= 0.3 is 17.9 Å². The molecule has 0 rings (SSSR count). The van der Waals surface area contributed by atoms with Gasteiger partial charge in [-0.25, -0.2) is 0 Å². The average molecular weight is 1090 g/mol. The molecular weight excluding hydrogens is 961 g/mol. The second kappa shape index (κ2) is 66.9. The van der Waals surface area contributed by atoms with Gasteiger partial charge in [-0.2, -0.15) is 0 Å². The van der Waals surface area contributed by atoms with E-state index < -0.39 is 6.10 Å². The Kier molecular flexibility index (Phi) is 64.6. The minimum atomic E-state index is -0.778. The van der Waals surface area contributed by atoms with Gasteiger partial charge in [0.1, 0.15) is 13.2 Å². The van der Waals surface area contributed by atoms with Crippen molar-refractivity contribution in [2.45, 2.75) is 380 Å². The molecule has 0 amide bonds. The number of ether oxygens (including phenoxy) is 3. The molecule has 0 fully saturated rings. The maximum absolute atomic E-state index is 12.9. The van der Waals surface area contributed by atoms with Crippen LogP contribution in [0.25, 0.3) is 0 Å². The molecule has 1 atom stereocenters. The average Bonchev–Trinajstić information content (AvgIpc) is 3.44. The van der Waals surface area contributed by atoms with Gasteiger partial charge < -0.3 is 14.2 Å². The molecular formula is C72H132O6. The van der Waals surface area contributed by atoms with E-state index in [-0.39, 0.29) is 31.1 Å². The summed E-state index contributed by atoms with van der Waals surface area (Å²) in [5.41, 5.74) is 0. The molecule has 0 saturated heterocycles. The van der Waals surface area contributed by atoms with Crippen molar-refractivity contribution in [1.29, 1.82) is 0 Å². The van der Waals surface area contributed by atoms with E-state index in [1.807, 2.05) is 0 Å². The van der Waals surface area contributed by atoms with E-state index >= 15 is 0 Å². The third-order valence-corrected chi connectivity index (χ3v) is 15.5. The largest absolute Gasteiger partial charge is 0.462 e. The van der Waals surface area contributed by atoms with E-state index in [0.29, 0.717) is 19.3 Å². The van der Waals surface area contributed by atoms with Gasteiger partial charge in [-0.05, 0) is 103 Å². The number of rotatable bonds is 64. The lowest BCUT2D eigenvalue weighted by Gasteiger charge is -2.18. The fourth-order valence-electron chi connectivity index (χ4n) is 10.3. The van der Waals surface area contributed by atoms with Crippen LogP contribution in [0.5, 0.6) is 0 Å². The summed E-state index contributed by atoms with van der Waals surface area (Å²) in [5, 5.41) is 0.